The minimum Gasteiger partial charge on any atom is -0.506 e. The zero-order valence-electron chi connectivity index (χ0n) is 22.1. The number of carbonyl (C=O) groups excluding carboxylic acids is 3. The topological polar surface area (TPSA) is 172 Å². The number of aromatic hydroxyl groups is 1. The third-order valence-corrected chi connectivity index (χ3v) is 6.95. The first-order valence-corrected chi connectivity index (χ1v) is 12.9. The number of β-amino-alcohol motifs (C(OH)–C–C–N with tert-alkyl or cyclic N) is 1. The molecule has 0 aliphatic carbocycles. The monoisotopic (exact) mass is 555 g/mol. The summed E-state index contributed by atoms with van der Waals surface area (Å²) in [6.45, 7) is 1.50. The first-order chi connectivity index (χ1) is 19.1. The molecule has 2 aromatic rings. The van der Waals surface area contributed by atoms with Crippen molar-refractivity contribution in [2.24, 2.45) is 0 Å². The molecule has 2 aliphatic rings. The van der Waals surface area contributed by atoms with E-state index in [0.29, 0.717) is 43.2 Å². The number of urea groups is 1. The number of benzene rings is 2. The lowest BCUT2D eigenvalue weighted by Gasteiger charge is -2.36. The summed E-state index contributed by atoms with van der Waals surface area (Å²) in [5, 5.41) is 34.3. The number of amides is 4. The van der Waals surface area contributed by atoms with Crippen molar-refractivity contribution >= 4 is 35.2 Å². The fourth-order valence-electron chi connectivity index (χ4n) is 4.93. The fraction of sp³-hybridized carbons (Fsp3) is 0.407. The van der Waals surface area contributed by atoms with Crippen LogP contribution in [0.15, 0.2) is 42.5 Å². The second kappa shape index (κ2) is 12.7. The average Bonchev–Trinajstić information content (AvgIpc) is 3.32. The summed E-state index contributed by atoms with van der Waals surface area (Å²) in [6.07, 6.45) is -0.739. The molecule has 0 bridgehead atoms. The van der Waals surface area contributed by atoms with E-state index in [1.807, 2.05) is 0 Å². The average molecular weight is 556 g/mol. The lowest BCUT2D eigenvalue weighted by atomic mass is 10.1. The van der Waals surface area contributed by atoms with E-state index in [-0.39, 0.29) is 49.2 Å². The lowest BCUT2D eigenvalue weighted by molar-refractivity contribution is -0.145. The van der Waals surface area contributed by atoms with Crippen LogP contribution >= 0.6 is 0 Å². The molecule has 2 saturated heterocycles. The number of nitrogens with one attached hydrogen (secondary N) is 2. The quantitative estimate of drug-likeness (QED) is 0.295. The number of carbonyl (C=O) groups is 4. The Bertz CT molecular complexity index is 1260. The van der Waals surface area contributed by atoms with Crippen LogP contribution in [-0.2, 0) is 20.8 Å². The molecule has 13 nitrogen and oxygen atoms in total. The number of phenols is 1. The van der Waals surface area contributed by atoms with E-state index in [4.69, 9.17) is 9.84 Å². The molecule has 2 atom stereocenters. The second-order valence-corrected chi connectivity index (χ2v) is 9.75. The number of carboxylic acid groups (broad SMARTS) is 1. The molecular formula is C27H33N5O8. The minimum atomic E-state index is -0.924. The maximum atomic E-state index is 13.3. The molecule has 2 unspecified atom stereocenters. The Hall–Kier alpha value is -4.36. The summed E-state index contributed by atoms with van der Waals surface area (Å²) in [5.41, 5.74) is 1.17. The van der Waals surface area contributed by atoms with Gasteiger partial charge in [-0.05, 0) is 29.8 Å². The highest BCUT2D eigenvalue weighted by Gasteiger charge is 2.41. The summed E-state index contributed by atoms with van der Waals surface area (Å²) >= 11 is 0. The third-order valence-electron chi connectivity index (χ3n) is 6.95. The van der Waals surface area contributed by atoms with Gasteiger partial charge in [-0.2, -0.15) is 0 Å². The molecule has 214 valence electrons. The number of carboxylic acids is 1. The first kappa shape index (κ1) is 28.6. The van der Waals surface area contributed by atoms with Gasteiger partial charge in [-0.25, -0.2) is 4.79 Å². The van der Waals surface area contributed by atoms with E-state index in [2.05, 4.69) is 10.6 Å². The van der Waals surface area contributed by atoms with Gasteiger partial charge in [0.15, 0.2) is 0 Å². The highest BCUT2D eigenvalue weighted by atomic mass is 16.5. The van der Waals surface area contributed by atoms with Crippen LogP contribution in [-0.4, -0.2) is 112 Å². The molecule has 2 heterocycles. The molecule has 2 fully saturated rings. The summed E-state index contributed by atoms with van der Waals surface area (Å²) in [4.78, 5) is 54.6. The van der Waals surface area contributed by atoms with Crippen molar-refractivity contribution in [3.8, 4) is 11.5 Å². The van der Waals surface area contributed by atoms with Gasteiger partial charge in [0.2, 0.25) is 11.8 Å². The molecule has 0 saturated carbocycles. The summed E-state index contributed by atoms with van der Waals surface area (Å²) in [6, 6.07) is 9.75. The van der Waals surface area contributed by atoms with Crippen molar-refractivity contribution in [1.82, 2.24) is 14.7 Å². The number of phenolic OH excluding ortho intramolecular Hbond substituents is 1. The number of methoxy groups -OCH3 is 1. The van der Waals surface area contributed by atoms with Gasteiger partial charge >= 0.3 is 12.0 Å². The number of anilines is 2. The predicted octanol–water partition coefficient (Wildman–Crippen LogP) is 0.778. The molecule has 0 aromatic heterocycles. The largest absolute Gasteiger partial charge is 0.506 e. The van der Waals surface area contributed by atoms with Crippen LogP contribution in [0.25, 0.3) is 0 Å². The molecule has 2 aromatic carbocycles. The molecule has 13 heteroatoms. The Morgan fingerprint density at radius 1 is 1.00 bits per heavy atom. The number of hydrogen-bond acceptors (Lipinski definition) is 8. The van der Waals surface area contributed by atoms with E-state index in [9.17, 15) is 29.4 Å². The molecule has 40 heavy (non-hydrogen) atoms. The number of hydrogen-bond donors (Lipinski definition) is 5. The van der Waals surface area contributed by atoms with Gasteiger partial charge in [-0.15, -0.1) is 0 Å². The highest BCUT2D eigenvalue weighted by molar-refractivity contribution is 6.01. The van der Waals surface area contributed by atoms with E-state index in [1.54, 1.807) is 46.2 Å². The normalized spacial score (nSPS) is 19.2. The molecule has 4 amide bonds. The van der Waals surface area contributed by atoms with Gasteiger partial charge in [0.25, 0.3) is 0 Å². The minimum absolute atomic E-state index is 0.0392. The van der Waals surface area contributed by atoms with Crippen LogP contribution in [0.3, 0.4) is 0 Å². The number of aliphatic carboxylic acids is 1. The van der Waals surface area contributed by atoms with Gasteiger partial charge < -0.3 is 40.5 Å². The van der Waals surface area contributed by atoms with Gasteiger partial charge in [0.05, 0.1) is 37.6 Å². The van der Waals surface area contributed by atoms with E-state index < -0.39 is 24.1 Å². The maximum absolute atomic E-state index is 13.3. The van der Waals surface area contributed by atoms with Crippen LogP contribution in [0.5, 0.6) is 11.5 Å². The Kier molecular flexibility index (Phi) is 9.07. The Labute approximate surface area is 230 Å². The number of ether oxygens (including phenoxy) is 1. The van der Waals surface area contributed by atoms with Crippen LogP contribution in [0.4, 0.5) is 16.2 Å². The van der Waals surface area contributed by atoms with Crippen molar-refractivity contribution in [3.05, 3.63) is 48.0 Å². The number of piperazine rings is 1. The number of aliphatic hydroxyl groups is 1. The van der Waals surface area contributed by atoms with E-state index in [1.165, 1.54) is 18.1 Å². The summed E-state index contributed by atoms with van der Waals surface area (Å²) in [7, 11) is 1.43. The van der Waals surface area contributed by atoms with Crippen LogP contribution in [0, 0.1) is 0 Å². The van der Waals surface area contributed by atoms with E-state index >= 15 is 0 Å². The Balaban J connectivity index is 1.38. The Morgan fingerprint density at radius 3 is 2.38 bits per heavy atom. The smallest absolute Gasteiger partial charge is 0.323 e. The van der Waals surface area contributed by atoms with Gasteiger partial charge in [0.1, 0.15) is 17.5 Å². The zero-order chi connectivity index (χ0) is 28.8. The molecule has 2 aliphatic heterocycles. The first-order valence-electron chi connectivity index (χ1n) is 12.9. The third kappa shape index (κ3) is 6.98. The number of aliphatic hydroxyl groups excluding tert-OH is 1. The van der Waals surface area contributed by atoms with Crippen LogP contribution in [0.1, 0.15) is 12.0 Å². The predicted molar refractivity (Wildman–Crippen MR) is 144 cm³/mol. The van der Waals surface area contributed by atoms with Crippen molar-refractivity contribution in [2.75, 3.05) is 57.0 Å². The SMILES string of the molecule is COc1cc(CC(=O)N2CC(O)CC2C(=O)N2CCN(CC(=O)O)CC2)ccc1NC(=O)Nc1ccccc1O. The highest BCUT2D eigenvalue weighted by Crippen LogP contribution is 2.28. The molecule has 4 rings (SSSR count). The Morgan fingerprint density at radius 2 is 1.70 bits per heavy atom. The fourth-order valence-corrected chi connectivity index (χ4v) is 4.93. The summed E-state index contributed by atoms with van der Waals surface area (Å²) < 4.78 is 5.40. The van der Waals surface area contributed by atoms with Crippen molar-refractivity contribution in [1.29, 1.82) is 0 Å². The van der Waals surface area contributed by atoms with Crippen molar-refractivity contribution < 1.29 is 39.2 Å². The number of rotatable bonds is 8. The second-order valence-electron chi connectivity index (χ2n) is 9.75. The van der Waals surface area contributed by atoms with Gasteiger partial charge in [-0.1, -0.05) is 18.2 Å². The van der Waals surface area contributed by atoms with Crippen molar-refractivity contribution in [3.63, 3.8) is 0 Å². The van der Waals surface area contributed by atoms with Gasteiger partial charge in [-0.3, -0.25) is 19.3 Å². The molecule has 0 radical (unpaired) electrons. The standard InChI is InChI=1S/C27H33N5O8/c1-40-23-12-17(6-7-20(23)29-27(39)28-19-4-2-3-5-22(19)34)13-24(35)32-15-18(33)14-21(32)26(38)31-10-8-30(9-11-31)16-25(36)37/h2-7,12,18,21,33-34H,8-11,13-16H2,1H3,(H,36,37)(H2,28,29,39). The summed E-state index contributed by atoms with van der Waals surface area (Å²) in [5.74, 6) is -1.28. The maximum Gasteiger partial charge on any atom is 0.323 e. The molecule has 0 spiro atoms. The van der Waals surface area contributed by atoms with Gasteiger partial charge in [0, 0.05) is 39.1 Å². The number of likely N-dealkylation sites (tertiary alicyclic amines) is 1. The number of nitrogens with zero attached hydrogens (tertiary/aromatic N) is 3. The van der Waals surface area contributed by atoms with E-state index in [0.717, 1.165) is 0 Å². The van der Waals surface area contributed by atoms with Crippen LogP contribution in [0.2, 0.25) is 0 Å². The number of para-hydroxylation sites is 2. The molecule has 5 N–H and O–H groups in total. The molecular weight excluding hydrogens is 522 g/mol. The zero-order valence-corrected chi connectivity index (χ0v) is 22.1. The lowest BCUT2D eigenvalue weighted by Crippen LogP contribution is -2.55. The van der Waals surface area contributed by atoms with Crippen molar-refractivity contribution in [2.45, 2.75) is 25.0 Å². The van der Waals surface area contributed by atoms with Crippen LogP contribution < -0.4 is 15.4 Å².